The van der Waals surface area contributed by atoms with E-state index in [0.717, 1.165) is 17.9 Å². The molecule has 20 heavy (non-hydrogen) atoms. The predicted molar refractivity (Wildman–Crippen MR) is 77.0 cm³/mol. The molecule has 2 nitrogen and oxygen atoms in total. The topological polar surface area (TPSA) is 21.3 Å². The van der Waals surface area contributed by atoms with Gasteiger partial charge in [-0.25, -0.2) is 0 Å². The van der Waals surface area contributed by atoms with E-state index in [1.54, 1.807) is 12.1 Å². The predicted octanol–water partition coefficient (Wildman–Crippen LogP) is 4.21. The highest BCUT2D eigenvalue weighted by Crippen LogP contribution is 2.26. The van der Waals surface area contributed by atoms with Crippen LogP contribution in [0.15, 0.2) is 24.3 Å². The minimum Gasteiger partial charge on any atom is -0.405 e. The third-order valence-electron chi connectivity index (χ3n) is 2.74. The van der Waals surface area contributed by atoms with Crippen molar-refractivity contribution in [3.05, 3.63) is 29.8 Å². The molecule has 1 unspecified atom stereocenters. The van der Waals surface area contributed by atoms with E-state index in [4.69, 9.17) is 0 Å². The second kappa shape index (κ2) is 8.42. The van der Waals surface area contributed by atoms with E-state index in [0.29, 0.717) is 12.1 Å². The minimum absolute atomic E-state index is 0.136. The Morgan fingerprint density at radius 1 is 1.30 bits per heavy atom. The van der Waals surface area contributed by atoms with E-state index in [-0.39, 0.29) is 11.8 Å². The molecular formula is C14H20F3NOS. The molecule has 1 N–H and O–H groups in total. The molecule has 0 radical (unpaired) electrons. The zero-order valence-corrected chi connectivity index (χ0v) is 12.5. The average Bonchev–Trinajstić information content (AvgIpc) is 2.36. The SMILES string of the molecule is CCSCCC(C)NCc1ccccc1OC(F)(F)F. The van der Waals surface area contributed by atoms with Crippen molar-refractivity contribution in [2.75, 3.05) is 11.5 Å². The zero-order valence-electron chi connectivity index (χ0n) is 11.7. The van der Waals surface area contributed by atoms with Crippen molar-refractivity contribution in [3.8, 4) is 5.75 Å². The van der Waals surface area contributed by atoms with Crippen molar-refractivity contribution >= 4 is 11.8 Å². The van der Waals surface area contributed by atoms with Gasteiger partial charge in [-0.2, -0.15) is 11.8 Å². The van der Waals surface area contributed by atoms with Crippen molar-refractivity contribution in [1.82, 2.24) is 5.32 Å². The Kier molecular flexibility index (Phi) is 7.23. The number of alkyl halides is 3. The lowest BCUT2D eigenvalue weighted by atomic mass is 10.2. The molecule has 0 saturated carbocycles. The molecule has 0 heterocycles. The van der Waals surface area contributed by atoms with Gasteiger partial charge in [-0.15, -0.1) is 13.2 Å². The molecule has 1 rings (SSSR count). The molecule has 0 spiro atoms. The quantitative estimate of drug-likeness (QED) is 0.727. The maximum absolute atomic E-state index is 12.3. The summed E-state index contributed by atoms with van der Waals surface area (Å²) in [7, 11) is 0. The zero-order chi connectivity index (χ0) is 15.0. The van der Waals surface area contributed by atoms with Crippen molar-refractivity contribution in [2.24, 2.45) is 0 Å². The molecule has 0 aliphatic heterocycles. The maximum atomic E-state index is 12.3. The summed E-state index contributed by atoms with van der Waals surface area (Å²) in [5.74, 6) is 1.99. The van der Waals surface area contributed by atoms with Crippen LogP contribution in [0.5, 0.6) is 5.75 Å². The number of hydrogen-bond acceptors (Lipinski definition) is 3. The summed E-state index contributed by atoms with van der Waals surface area (Å²) in [6.07, 6.45) is -3.67. The van der Waals surface area contributed by atoms with Crippen LogP contribution in [0, 0.1) is 0 Å². The molecule has 6 heteroatoms. The molecule has 0 aliphatic rings. The van der Waals surface area contributed by atoms with Crippen LogP contribution < -0.4 is 10.1 Å². The maximum Gasteiger partial charge on any atom is 0.573 e. The fourth-order valence-corrected chi connectivity index (χ4v) is 2.47. The van der Waals surface area contributed by atoms with Gasteiger partial charge < -0.3 is 10.1 Å². The Hall–Kier alpha value is -0.880. The highest BCUT2D eigenvalue weighted by atomic mass is 32.2. The van der Waals surface area contributed by atoms with Crippen LogP contribution in [0.25, 0.3) is 0 Å². The van der Waals surface area contributed by atoms with Gasteiger partial charge in [0.05, 0.1) is 0 Å². The van der Waals surface area contributed by atoms with Gasteiger partial charge in [0, 0.05) is 18.2 Å². The van der Waals surface area contributed by atoms with E-state index < -0.39 is 6.36 Å². The minimum atomic E-state index is -4.65. The number of hydrogen-bond donors (Lipinski definition) is 1. The van der Waals surface area contributed by atoms with Gasteiger partial charge in [-0.05, 0) is 30.9 Å². The van der Waals surface area contributed by atoms with Gasteiger partial charge in [0.15, 0.2) is 0 Å². The van der Waals surface area contributed by atoms with E-state index in [1.165, 1.54) is 12.1 Å². The lowest BCUT2D eigenvalue weighted by Gasteiger charge is -2.16. The summed E-state index contributed by atoms with van der Waals surface area (Å²) in [5, 5.41) is 3.22. The second-order valence-electron chi connectivity index (χ2n) is 4.42. The smallest absolute Gasteiger partial charge is 0.405 e. The highest BCUT2D eigenvalue weighted by Gasteiger charge is 2.31. The summed E-state index contributed by atoms with van der Waals surface area (Å²) in [4.78, 5) is 0. The lowest BCUT2D eigenvalue weighted by Crippen LogP contribution is -2.27. The van der Waals surface area contributed by atoms with Crippen LogP contribution >= 0.6 is 11.8 Å². The molecule has 1 aromatic rings. The number of benzene rings is 1. The largest absolute Gasteiger partial charge is 0.573 e. The fraction of sp³-hybridized carbons (Fsp3) is 0.571. The number of thioether (sulfide) groups is 1. The Balaban J connectivity index is 2.51. The van der Waals surface area contributed by atoms with Crippen LogP contribution in [0.3, 0.4) is 0 Å². The van der Waals surface area contributed by atoms with Crippen molar-refractivity contribution in [2.45, 2.75) is 39.2 Å². The van der Waals surface area contributed by atoms with Crippen LogP contribution in [-0.4, -0.2) is 23.9 Å². The van der Waals surface area contributed by atoms with Gasteiger partial charge >= 0.3 is 6.36 Å². The van der Waals surface area contributed by atoms with E-state index >= 15 is 0 Å². The van der Waals surface area contributed by atoms with Crippen LogP contribution in [0.2, 0.25) is 0 Å². The average molecular weight is 307 g/mol. The Labute approximate surface area is 122 Å². The molecule has 0 fully saturated rings. The van der Waals surface area contributed by atoms with Crippen molar-refractivity contribution in [1.29, 1.82) is 0 Å². The number of halogens is 3. The van der Waals surface area contributed by atoms with E-state index in [2.05, 4.69) is 17.0 Å². The molecular weight excluding hydrogens is 287 g/mol. The number of para-hydroxylation sites is 1. The van der Waals surface area contributed by atoms with Crippen LogP contribution in [0.1, 0.15) is 25.8 Å². The highest BCUT2D eigenvalue weighted by molar-refractivity contribution is 7.99. The molecule has 1 atom stereocenters. The first-order valence-corrected chi connectivity index (χ1v) is 7.72. The van der Waals surface area contributed by atoms with Gasteiger partial charge in [0.2, 0.25) is 0 Å². The Morgan fingerprint density at radius 3 is 2.65 bits per heavy atom. The summed E-state index contributed by atoms with van der Waals surface area (Å²) in [6.45, 7) is 4.50. The lowest BCUT2D eigenvalue weighted by molar-refractivity contribution is -0.274. The summed E-state index contributed by atoms with van der Waals surface area (Å²) in [5.41, 5.74) is 0.514. The molecule has 0 bridgehead atoms. The van der Waals surface area contributed by atoms with Crippen molar-refractivity contribution in [3.63, 3.8) is 0 Å². The Morgan fingerprint density at radius 2 is 2.00 bits per heavy atom. The standard InChI is InChI=1S/C14H20F3NOS/c1-3-20-9-8-11(2)18-10-12-6-4-5-7-13(12)19-14(15,16)17/h4-7,11,18H,3,8-10H2,1-2H3. The van der Waals surface area contributed by atoms with Crippen LogP contribution in [0.4, 0.5) is 13.2 Å². The summed E-state index contributed by atoms with van der Waals surface area (Å²) in [6, 6.07) is 6.47. The molecule has 1 aromatic carbocycles. The third-order valence-corrected chi connectivity index (χ3v) is 3.67. The molecule has 0 aliphatic carbocycles. The van der Waals surface area contributed by atoms with E-state index in [1.807, 2.05) is 18.7 Å². The summed E-state index contributed by atoms with van der Waals surface area (Å²) >= 11 is 1.86. The molecule has 114 valence electrons. The molecule has 0 amide bonds. The van der Waals surface area contributed by atoms with Gasteiger partial charge in [-0.3, -0.25) is 0 Å². The first kappa shape index (κ1) is 17.2. The van der Waals surface area contributed by atoms with Gasteiger partial charge in [-0.1, -0.05) is 25.1 Å². The first-order valence-electron chi connectivity index (χ1n) is 6.57. The molecule has 0 saturated heterocycles. The number of rotatable bonds is 8. The number of nitrogens with one attached hydrogen (secondary N) is 1. The van der Waals surface area contributed by atoms with Gasteiger partial charge in [0.1, 0.15) is 5.75 Å². The Bertz CT molecular complexity index is 398. The normalized spacial score (nSPS) is 13.2. The fourth-order valence-electron chi connectivity index (χ4n) is 1.66. The van der Waals surface area contributed by atoms with Gasteiger partial charge in [0.25, 0.3) is 0 Å². The number of ether oxygens (including phenoxy) is 1. The first-order chi connectivity index (χ1) is 9.42. The third kappa shape index (κ3) is 7.05. The monoisotopic (exact) mass is 307 g/mol. The second-order valence-corrected chi connectivity index (χ2v) is 5.82. The summed E-state index contributed by atoms with van der Waals surface area (Å²) < 4.78 is 40.9. The van der Waals surface area contributed by atoms with Crippen molar-refractivity contribution < 1.29 is 17.9 Å². The molecule has 0 aromatic heterocycles. The van der Waals surface area contributed by atoms with Crippen LogP contribution in [-0.2, 0) is 6.54 Å². The van der Waals surface area contributed by atoms with E-state index in [9.17, 15) is 13.2 Å².